The molecular formula is C16H12BrClO3. The van der Waals surface area contributed by atoms with Crippen LogP contribution >= 0.6 is 27.5 Å². The Morgan fingerprint density at radius 2 is 2.10 bits per heavy atom. The standard InChI is InChI=1S/C16H12BrClO3/c1-20-15-4-2-9(6-12(15)18)16-8-13(19)11-7-10(17)3-5-14(11)21-16/h2-7,16H,8H2,1H3. The molecule has 0 N–H and O–H groups in total. The van der Waals surface area contributed by atoms with Gasteiger partial charge in [-0.1, -0.05) is 33.6 Å². The number of ketones is 1. The highest BCUT2D eigenvalue weighted by molar-refractivity contribution is 9.10. The molecule has 0 aliphatic carbocycles. The minimum absolute atomic E-state index is 0.0643. The Morgan fingerprint density at radius 1 is 1.29 bits per heavy atom. The highest BCUT2D eigenvalue weighted by Gasteiger charge is 2.28. The van der Waals surface area contributed by atoms with Crippen LogP contribution < -0.4 is 9.47 Å². The van der Waals surface area contributed by atoms with E-state index in [0.29, 0.717) is 28.5 Å². The Balaban J connectivity index is 1.94. The smallest absolute Gasteiger partial charge is 0.170 e. The molecule has 0 fully saturated rings. The zero-order chi connectivity index (χ0) is 15.0. The lowest BCUT2D eigenvalue weighted by Crippen LogP contribution is -2.20. The average Bonchev–Trinajstić information content (AvgIpc) is 2.47. The van der Waals surface area contributed by atoms with Gasteiger partial charge in [0.2, 0.25) is 0 Å². The molecule has 1 unspecified atom stereocenters. The highest BCUT2D eigenvalue weighted by atomic mass is 79.9. The van der Waals surface area contributed by atoms with Crippen molar-refractivity contribution >= 4 is 33.3 Å². The fourth-order valence-corrected chi connectivity index (χ4v) is 2.99. The number of benzene rings is 2. The summed E-state index contributed by atoms with van der Waals surface area (Å²) in [5.74, 6) is 1.27. The Labute approximate surface area is 136 Å². The van der Waals surface area contributed by atoms with Crippen molar-refractivity contribution in [3.05, 3.63) is 57.0 Å². The summed E-state index contributed by atoms with van der Waals surface area (Å²) >= 11 is 9.50. The van der Waals surface area contributed by atoms with E-state index in [1.807, 2.05) is 12.1 Å². The normalized spacial score (nSPS) is 17.1. The van der Waals surface area contributed by atoms with E-state index in [2.05, 4.69) is 15.9 Å². The van der Waals surface area contributed by atoms with E-state index in [1.165, 1.54) is 0 Å². The summed E-state index contributed by atoms with van der Waals surface area (Å²) in [7, 11) is 1.57. The second-order valence-corrected chi connectivity index (χ2v) is 6.09. The molecule has 1 aliphatic heterocycles. The zero-order valence-electron chi connectivity index (χ0n) is 11.2. The van der Waals surface area contributed by atoms with Crippen LogP contribution in [0.3, 0.4) is 0 Å². The predicted octanol–water partition coefficient (Wildman–Crippen LogP) is 4.82. The summed E-state index contributed by atoms with van der Waals surface area (Å²) in [6.07, 6.45) is -0.0267. The van der Waals surface area contributed by atoms with Gasteiger partial charge in [-0.3, -0.25) is 4.79 Å². The molecule has 108 valence electrons. The maximum atomic E-state index is 12.3. The Kier molecular flexibility index (Phi) is 3.91. The first-order chi connectivity index (χ1) is 10.1. The monoisotopic (exact) mass is 366 g/mol. The van der Waals surface area contributed by atoms with Crippen LogP contribution in [0.4, 0.5) is 0 Å². The Bertz CT molecular complexity index is 715. The van der Waals surface area contributed by atoms with E-state index in [1.54, 1.807) is 31.4 Å². The third-order valence-corrected chi connectivity index (χ3v) is 4.22. The van der Waals surface area contributed by atoms with Crippen LogP contribution in [0.25, 0.3) is 0 Å². The molecule has 0 amide bonds. The molecule has 21 heavy (non-hydrogen) atoms. The summed E-state index contributed by atoms with van der Waals surface area (Å²) in [4.78, 5) is 12.3. The molecule has 2 aromatic rings. The van der Waals surface area contributed by atoms with Gasteiger partial charge in [-0.25, -0.2) is 0 Å². The maximum absolute atomic E-state index is 12.3. The third-order valence-electron chi connectivity index (χ3n) is 3.43. The van der Waals surface area contributed by atoms with Crippen molar-refractivity contribution in [2.45, 2.75) is 12.5 Å². The summed E-state index contributed by atoms with van der Waals surface area (Å²) in [6, 6.07) is 10.9. The van der Waals surface area contributed by atoms with Crippen LogP contribution in [0.2, 0.25) is 5.02 Å². The molecule has 5 heteroatoms. The first-order valence-electron chi connectivity index (χ1n) is 6.41. The number of fused-ring (bicyclic) bond motifs is 1. The maximum Gasteiger partial charge on any atom is 0.170 e. The van der Waals surface area contributed by atoms with Crippen molar-refractivity contribution < 1.29 is 14.3 Å². The fourth-order valence-electron chi connectivity index (χ4n) is 2.36. The van der Waals surface area contributed by atoms with Crippen LogP contribution in [-0.4, -0.2) is 12.9 Å². The van der Waals surface area contributed by atoms with E-state index >= 15 is 0 Å². The van der Waals surface area contributed by atoms with E-state index in [4.69, 9.17) is 21.1 Å². The molecular weight excluding hydrogens is 356 g/mol. The number of ether oxygens (including phenoxy) is 2. The molecule has 3 nitrogen and oxygen atoms in total. The molecule has 1 heterocycles. The lowest BCUT2D eigenvalue weighted by Gasteiger charge is -2.26. The van der Waals surface area contributed by atoms with Gasteiger partial charge in [0.05, 0.1) is 24.1 Å². The molecule has 1 atom stereocenters. The number of halogens is 2. The zero-order valence-corrected chi connectivity index (χ0v) is 13.6. The summed E-state index contributed by atoms with van der Waals surface area (Å²) in [5, 5.41) is 0.507. The second kappa shape index (κ2) is 5.70. The largest absolute Gasteiger partial charge is 0.495 e. The van der Waals surface area contributed by atoms with Gasteiger partial charge < -0.3 is 9.47 Å². The SMILES string of the molecule is COc1ccc(C2CC(=O)c3cc(Br)ccc3O2)cc1Cl. The predicted molar refractivity (Wildman–Crippen MR) is 84.5 cm³/mol. The van der Waals surface area contributed by atoms with Crippen LogP contribution in [0.15, 0.2) is 40.9 Å². The minimum atomic E-state index is -0.324. The minimum Gasteiger partial charge on any atom is -0.495 e. The van der Waals surface area contributed by atoms with Crippen molar-refractivity contribution in [1.82, 2.24) is 0 Å². The Morgan fingerprint density at radius 3 is 2.81 bits per heavy atom. The fraction of sp³-hybridized carbons (Fsp3) is 0.188. The molecule has 0 bridgehead atoms. The highest BCUT2D eigenvalue weighted by Crippen LogP contribution is 2.38. The first-order valence-corrected chi connectivity index (χ1v) is 7.58. The van der Waals surface area contributed by atoms with Gasteiger partial charge in [-0.15, -0.1) is 0 Å². The second-order valence-electron chi connectivity index (χ2n) is 4.77. The Hall–Kier alpha value is -1.52. The van der Waals surface area contributed by atoms with Crippen molar-refractivity contribution in [2.75, 3.05) is 7.11 Å². The summed E-state index contributed by atoms with van der Waals surface area (Å²) in [5.41, 5.74) is 1.47. The van der Waals surface area contributed by atoms with Gasteiger partial charge in [0.25, 0.3) is 0 Å². The molecule has 1 aliphatic rings. The van der Waals surface area contributed by atoms with E-state index < -0.39 is 0 Å². The average molecular weight is 368 g/mol. The number of methoxy groups -OCH3 is 1. The first kappa shape index (κ1) is 14.4. The third kappa shape index (κ3) is 2.78. The number of carbonyl (C=O) groups excluding carboxylic acids is 1. The van der Waals surface area contributed by atoms with Gasteiger partial charge in [-0.2, -0.15) is 0 Å². The number of hydrogen-bond acceptors (Lipinski definition) is 3. The quantitative estimate of drug-likeness (QED) is 0.763. The van der Waals surface area contributed by atoms with Crippen molar-refractivity contribution in [2.24, 2.45) is 0 Å². The van der Waals surface area contributed by atoms with Gasteiger partial charge >= 0.3 is 0 Å². The molecule has 3 rings (SSSR count). The van der Waals surface area contributed by atoms with Gasteiger partial charge in [0.1, 0.15) is 17.6 Å². The number of rotatable bonds is 2. The number of hydrogen-bond donors (Lipinski definition) is 0. The molecule has 0 aromatic heterocycles. The van der Waals surface area contributed by atoms with Crippen molar-refractivity contribution in [3.8, 4) is 11.5 Å². The van der Waals surface area contributed by atoms with Crippen LogP contribution in [0.1, 0.15) is 28.4 Å². The number of carbonyl (C=O) groups is 1. The number of Topliss-reactive ketones (excluding diaryl/α,β-unsaturated/α-hetero) is 1. The van der Waals surface area contributed by atoms with Crippen molar-refractivity contribution in [1.29, 1.82) is 0 Å². The molecule has 2 aromatic carbocycles. The van der Waals surface area contributed by atoms with Gasteiger partial charge in [0, 0.05) is 4.47 Å². The summed E-state index contributed by atoms with van der Waals surface area (Å²) in [6.45, 7) is 0. The lowest BCUT2D eigenvalue weighted by atomic mass is 9.96. The lowest BCUT2D eigenvalue weighted by molar-refractivity contribution is 0.0850. The van der Waals surface area contributed by atoms with E-state index in [-0.39, 0.29) is 11.9 Å². The van der Waals surface area contributed by atoms with Crippen LogP contribution in [-0.2, 0) is 0 Å². The topological polar surface area (TPSA) is 35.5 Å². The van der Waals surface area contributed by atoms with E-state index in [9.17, 15) is 4.79 Å². The van der Waals surface area contributed by atoms with Gasteiger partial charge in [0.15, 0.2) is 5.78 Å². The van der Waals surface area contributed by atoms with Gasteiger partial charge in [-0.05, 0) is 35.9 Å². The molecule has 0 saturated heterocycles. The van der Waals surface area contributed by atoms with Crippen LogP contribution in [0.5, 0.6) is 11.5 Å². The molecule has 0 saturated carbocycles. The molecule has 0 spiro atoms. The summed E-state index contributed by atoms with van der Waals surface area (Å²) < 4.78 is 11.9. The molecule has 0 radical (unpaired) electrons. The van der Waals surface area contributed by atoms with E-state index in [0.717, 1.165) is 10.0 Å². The van der Waals surface area contributed by atoms with Crippen LogP contribution in [0, 0.1) is 0 Å². The van der Waals surface area contributed by atoms with Crippen molar-refractivity contribution in [3.63, 3.8) is 0 Å².